The third-order valence-corrected chi connectivity index (χ3v) is 4.84. The van der Waals surface area contributed by atoms with Gasteiger partial charge >= 0.3 is 0 Å². The maximum absolute atomic E-state index is 2.48. The molecule has 104 valence electrons. The Morgan fingerprint density at radius 2 is 1.79 bits per heavy atom. The number of rotatable bonds is 2. The van der Waals surface area contributed by atoms with Gasteiger partial charge in [0.1, 0.15) is 0 Å². The minimum absolute atomic E-state index is 0.216. The maximum Gasteiger partial charge on any atom is -0.00358 e. The maximum atomic E-state index is 2.48. The molecule has 0 radical (unpaired) electrons. The monoisotopic (exact) mass is 256 g/mol. The molecular weight excluding hydrogens is 228 g/mol. The summed E-state index contributed by atoms with van der Waals surface area (Å²) in [7, 11) is 0. The summed E-state index contributed by atoms with van der Waals surface area (Å²) < 4.78 is 0. The SMILES string of the molecule is CC1=CC(C)C(C(C)(C)C2=CCC(C)C=C2C)C=C1. The molecule has 0 nitrogen and oxygen atoms in total. The molecular formula is C19H28. The van der Waals surface area contributed by atoms with Gasteiger partial charge in [-0.2, -0.15) is 0 Å². The molecule has 0 N–H and O–H groups in total. The average molecular weight is 256 g/mol. The zero-order valence-corrected chi connectivity index (χ0v) is 13.3. The molecule has 0 saturated carbocycles. The Morgan fingerprint density at radius 3 is 2.37 bits per heavy atom. The van der Waals surface area contributed by atoms with Crippen molar-refractivity contribution < 1.29 is 0 Å². The predicted molar refractivity (Wildman–Crippen MR) is 85.0 cm³/mol. The first-order valence-electron chi connectivity index (χ1n) is 7.58. The van der Waals surface area contributed by atoms with Crippen LogP contribution in [0.15, 0.2) is 47.1 Å². The van der Waals surface area contributed by atoms with Crippen LogP contribution < -0.4 is 0 Å². The van der Waals surface area contributed by atoms with Gasteiger partial charge in [-0.3, -0.25) is 0 Å². The van der Waals surface area contributed by atoms with Crippen molar-refractivity contribution in [2.45, 2.75) is 48.0 Å². The molecule has 3 unspecified atom stereocenters. The van der Waals surface area contributed by atoms with Crippen LogP contribution in [-0.2, 0) is 0 Å². The fraction of sp³-hybridized carbons (Fsp3) is 0.579. The molecule has 0 amide bonds. The van der Waals surface area contributed by atoms with E-state index in [9.17, 15) is 0 Å². The lowest BCUT2D eigenvalue weighted by Gasteiger charge is -2.41. The second-order valence-electron chi connectivity index (χ2n) is 7.06. The van der Waals surface area contributed by atoms with E-state index >= 15 is 0 Å². The average Bonchev–Trinajstić information content (AvgIpc) is 2.27. The molecule has 0 heterocycles. The van der Waals surface area contributed by atoms with Crippen LogP contribution in [-0.4, -0.2) is 0 Å². The minimum atomic E-state index is 0.216. The molecule has 2 rings (SSSR count). The summed E-state index contributed by atoms with van der Waals surface area (Å²) in [6.07, 6.45) is 13.2. The van der Waals surface area contributed by atoms with Crippen molar-refractivity contribution in [1.29, 1.82) is 0 Å². The van der Waals surface area contributed by atoms with E-state index in [1.807, 2.05) is 0 Å². The second kappa shape index (κ2) is 5.15. The first-order chi connectivity index (χ1) is 8.82. The number of hydrogen-bond acceptors (Lipinski definition) is 0. The molecule has 2 aliphatic rings. The zero-order chi connectivity index (χ0) is 14.2. The lowest BCUT2D eigenvalue weighted by molar-refractivity contribution is 0.266. The Hall–Kier alpha value is -1.04. The highest BCUT2D eigenvalue weighted by Gasteiger charge is 2.36. The minimum Gasteiger partial charge on any atom is -0.0799 e. The third kappa shape index (κ3) is 2.78. The first-order valence-corrected chi connectivity index (χ1v) is 7.58. The smallest absolute Gasteiger partial charge is 0.00358 e. The van der Waals surface area contributed by atoms with E-state index < -0.39 is 0 Å². The van der Waals surface area contributed by atoms with Crippen molar-refractivity contribution in [2.24, 2.45) is 23.2 Å². The van der Waals surface area contributed by atoms with Gasteiger partial charge in [-0.1, -0.05) is 69.2 Å². The second-order valence-corrected chi connectivity index (χ2v) is 7.06. The Morgan fingerprint density at radius 1 is 1.11 bits per heavy atom. The fourth-order valence-corrected chi connectivity index (χ4v) is 3.90. The van der Waals surface area contributed by atoms with Crippen LogP contribution in [0.2, 0.25) is 0 Å². The first kappa shape index (κ1) is 14.4. The van der Waals surface area contributed by atoms with E-state index in [2.05, 4.69) is 71.9 Å². The number of hydrogen-bond donors (Lipinski definition) is 0. The van der Waals surface area contributed by atoms with E-state index in [4.69, 9.17) is 0 Å². The van der Waals surface area contributed by atoms with Gasteiger partial charge in [0, 0.05) is 0 Å². The van der Waals surface area contributed by atoms with Crippen LogP contribution in [0.4, 0.5) is 0 Å². The summed E-state index contributed by atoms with van der Waals surface area (Å²) >= 11 is 0. The Bertz CT molecular complexity index is 468. The van der Waals surface area contributed by atoms with Gasteiger partial charge < -0.3 is 0 Å². The fourth-order valence-electron chi connectivity index (χ4n) is 3.90. The van der Waals surface area contributed by atoms with Crippen LogP contribution in [0.5, 0.6) is 0 Å². The largest absolute Gasteiger partial charge is 0.0799 e. The summed E-state index contributed by atoms with van der Waals surface area (Å²) in [5.41, 5.74) is 4.65. The lowest BCUT2D eigenvalue weighted by atomic mass is 9.63. The molecule has 3 atom stereocenters. The third-order valence-electron chi connectivity index (χ3n) is 4.84. The van der Waals surface area contributed by atoms with Crippen molar-refractivity contribution in [1.82, 2.24) is 0 Å². The van der Waals surface area contributed by atoms with Crippen molar-refractivity contribution in [3.05, 3.63) is 47.1 Å². The molecule has 0 heteroatoms. The quantitative estimate of drug-likeness (QED) is 0.595. The summed E-state index contributed by atoms with van der Waals surface area (Å²) in [6, 6.07) is 0. The summed E-state index contributed by atoms with van der Waals surface area (Å²) in [4.78, 5) is 0. The normalized spacial score (nSPS) is 31.7. The van der Waals surface area contributed by atoms with Crippen molar-refractivity contribution in [3.63, 3.8) is 0 Å². The molecule has 0 saturated heterocycles. The molecule has 0 aromatic carbocycles. The lowest BCUT2D eigenvalue weighted by Crippen LogP contribution is -2.31. The Kier molecular flexibility index (Phi) is 3.90. The van der Waals surface area contributed by atoms with Gasteiger partial charge in [-0.25, -0.2) is 0 Å². The molecule has 19 heavy (non-hydrogen) atoms. The summed E-state index contributed by atoms with van der Waals surface area (Å²) in [5, 5.41) is 0. The zero-order valence-electron chi connectivity index (χ0n) is 13.3. The van der Waals surface area contributed by atoms with Crippen molar-refractivity contribution in [2.75, 3.05) is 0 Å². The van der Waals surface area contributed by atoms with Crippen LogP contribution in [0.25, 0.3) is 0 Å². The van der Waals surface area contributed by atoms with E-state index in [1.165, 1.54) is 17.6 Å². The van der Waals surface area contributed by atoms with Crippen LogP contribution in [0.3, 0.4) is 0 Å². The van der Waals surface area contributed by atoms with Gasteiger partial charge in [0.25, 0.3) is 0 Å². The van der Waals surface area contributed by atoms with Gasteiger partial charge in [-0.05, 0) is 49.0 Å². The topological polar surface area (TPSA) is 0 Å². The van der Waals surface area contributed by atoms with Gasteiger partial charge in [0.05, 0.1) is 0 Å². The van der Waals surface area contributed by atoms with Crippen LogP contribution >= 0.6 is 0 Å². The predicted octanol–water partition coefficient (Wildman–Crippen LogP) is 5.69. The molecule has 0 aromatic rings. The highest BCUT2D eigenvalue weighted by Crippen LogP contribution is 2.46. The molecule has 0 aromatic heterocycles. The molecule has 0 fully saturated rings. The highest BCUT2D eigenvalue weighted by atomic mass is 14.4. The highest BCUT2D eigenvalue weighted by molar-refractivity contribution is 5.40. The Labute approximate surface area is 119 Å². The van der Waals surface area contributed by atoms with Crippen LogP contribution in [0, 0.1) is 23.2 Å². The molecule has 0 aliphatic heterocycles. The van der Waals surface area contributed by atoms with Crippen molar-refractivity contribution >= 4 is 0 Å². The van der Waals surface area contributed by atoms with E-state index in [0.717, 1.165) is 0 Å². The molecule has 0 spiro atoms. The van der Waals surface area contributed by atoms with Gasteiger partial charge in [0.2, 0.25) is 0 Å². The van der Waals surface area contributed by atoms with E-state index in [-0.39, 0.29) is 5.41 Å². The molecule has 2 aliphatic carbocycles. The van der Waals surface area contributed by atoms with Gasteiger partial charge in [-0.15, -0.1) is 0 Å². The standard InChI is InChI=1S/C19H28/c1-13-7-9-17(15(3)11-13)19(5,6)18-10-8-14(2)12-16(18)4/h7,9-12,14-15,17H,8H2,1-6H3. The Balaban J connectivity index is 2.29. The van der Waals surface area contributed by atoms with Crippen molar-refractivity contribution in [3.8, 4) is 0 Å². The van der Waals surface area contributed by atoms with Gasteiger partial charge in [0.15, 0.2) is 0 Å². The summed E-state index contributed by atoms with van der Waals surface area (Å²) in [6.45, 7) is 14.0. The summed E-state index contributed by atoms with van der Waals surface area (Å²) in [5.74, 6) is 1.91. The van der Waals surface area contributed by atoms with Crippen LogP contribution in [0.1, 0.15) is 48.0 Å². The number of allylic oxidation sites excluding steroid dienone is 8. The van der Waals surface area contributed by atoms with E-state index in [1.54, 1.807) is 5.57 Å². The van der Waals surface area contributed by atoms with E-state index in [0.29, 0.717) is 17.8 Å². The molecule has 0 bridgehead atoms.